The van der Waals surface area contributed by atoms with Crippen molar-refractivity contribution in [2.45, 2.75) is 6.18 Å². The minimum atomic E-state index is -4.55. The molecule has 0 spiro atoms. The molecule has 0 amide bonds. The zero-order valence-electron chi connectivity index (χ0n) is 7.74. The average Bonchev–Trinajstić information content (AvgIpc) is 2.14. The summed E-state index contributed by atoms with van der Waals surface area (Å²) in [6.07, 6.45) is -3.62. The van der Waals surface area contributed by atoms with E-state index in [-0.39, 0.29) is 15.6 Å². The predicted molar refractivity (Wildman–Crippen MR) is 56.0 cm³/mol. The summed E-state index contributed by atoms with van der Waals surface area (Å²) in [5.74, 6) is -0.622. The summed E-state index contributed by atoms with van der Waals surface area (Å²) in [5.41, 5.74) is -1.17. The first kappa shape index (κ1) is 13.1. The topological polar surface area (TPSA) is 17.1 Å². The van der Waals surface area contributed by atoms with Crippen LogP contribution in [0.5, 0.6) is 0 Å². The minimum Gasteiger partial charge on any atom is -0.289 e. The van der Waals surface area contributed by atoms with Crippen molar-refractivity contribution < 1.29 is 18.0 Å². The van der Waals surface area contributed by atoms with E-state index < -0.39 is 17.5 Å². The number of hydrogen-bond donors (Lipinski definition) is 0. The van der Waals surface area contributed by atoms with E-state index in [2.05, 4.69) is 6.58 Å². The van der Waals surface area contributed by atoms with Crippen molar-refractivity contribution in [2.24, 2.45) is 0 Å². The zero-order valence-corrected chi connectivity index (χ0v) is 9.25. The van der Waals surface area contributed by atoms with Gasteiger partial charge in [0.25, 0.3) is 0 Å². The molecule has 0 aliphatic carbocycles. The van der Waals surface area contributed by atoms with Crippen molar-refractivity contribution >= 4 is 29.0 Å². The van der Waals surface area contributed by atoms with Crippen LogP contribution >= 0.6 is 23.2 Å². The lowest BCUT2D eigenvalue weighted by Crippen LogP contribution is -2.07. The van der Waals surface area contributed by atoms with Crippen LogP contribution in [0.3, 0.4) is 0 Å². The highest BCUT2D eigenvalue weighted by Crippen LogP contribution is 2.35. The van der Waals surface area contributed by atoms with Gasteiger partial charge in [-0.25, -0.2) is 0 Å². The molecule has 1 rings (SSSR count). The monoisotopic (exact) mass is 268 g/mol. The van der Waals surface area contributed by atoms with Gasteiger partial charge in [-0.15, -0.1) is 0 Å². The molecule has 16 heavy (non-hydrogen) atoms. The highest BCUT2D eigenvalue weighted by atomic mass is 35.5. The Hall–Kier alpha value is -1.00. The van der Waals surface area contributed by atoms with Crippen LogP contribution in [0, 0.1) is 0 Å². The first-order valence-electron chi connectivity index (χ1n) is 4.00. The fourth-order valence-electron chi connectivity index (χ4n) is 1.07. The van der Waals surface area contributed by atoms with Gasteiger partial charge in [0.1, 0.15) is 0 Å². The van der Waals surface area contributed by atoms with E-state index in [4.69, 9.17) is 23.2 Å². The molecule has 1 aromatic carbocycles. The van der Waals surface area contributed by atoms with Gasteiger partial charge in [-0.3, -0.25) is 4.79 Å². The van der Waals surface area contributed by atoms with Gasteiger partial charge in [0.05, 0.1) is 21.2 Å². The van der Waals surface area contributed by atoms with Crippen LogP contribution in [0.15, 0.2) is 24.8 Å². The molecule has 0 bridgehead atoms. The van der Waals surface area contributed by atoms with Crippen molar-refractivity contribution in [3.8, 4) is 0 Å². The molecule has 86 valence electrons. The molecule has 0 aliphatic heterocycles. The Morgan fingerprint density at radius 3 is 2.00 bits per heavy atom. The molecule has 0 heterocycles. The quantitative estimate of drug-likeness (QED) is 0.575. The van der Waals surface area contributed by atoms with E-state index in [0.29, 0.717) is 12.1 Å². The minimum absolute atomic E-state index is 0.175. The Morgan fingerprint density at radius 1 is 1.25 bits per heavy atom. The van der Waals surface area contributed by atoms with Gasteiger partial charge in [0.2, 0.25) is 0 Å². The maximum Gasteiger partial charge on any atom is 0.416 e. The molecule has 0 saturated heterocycles. The number of allylic oxidation sites excluding steroid dienone is 1. The zero-order chi connectivity index (χ0) is 12.5. The van der Waals surface area contributed by atoms with Crippen LogP contribution in [-0.2, 0) is 6.18 Å². The van der Waals surface area contributed by atoms with Crippen LogP contribution in [0.4, 0.5) is 13.2 Å². The molecule has 0 atom stereocenters. The predicted octanol–water partition coefficient (Wildman–Crippen LogP) is 4.38. The van der Waals surface area contributed by atoms with E-state index in [9.17, 15) is 18.0 Å². The van der Waals surface area contributed by atoms with Gasteiger partial charge in [-0.1, -0.05) is 29.8 Å². The number of hydrogen-bond acceptors (Lipinski definition) is 1. The largest absolute Gasteiger partial charge is 0.416 e. The van der Waals surface area contributed by atoms with Crippen molar-refractivity contribution in [1.29, 1.82) is 0 Å². The molecule has 0 aromatic heterocycles. The van der Waals surface area contributed by atoms with Gasteiger partial charge < -0.3 is 0 Å². The molecule has 0 aliphatic rings. The Labute approximate surface area is 99.5 Å². The van der Waals surface area contributed by atoms with Crippen LogP contribution in [0.1, 0.15) is 15.9 Å². The highest BCUT2D eigenvalue weighted by molar-refractivity contribution is 6.40. The Kier molecular flexibility index (Phi) is 3.65. The third-order valence-corrected chi connectivity index (χ3v) is 2.40. The summed E-state index contributed by atoms with van der Waals surface area (Å²) in [6.45, 7) is 3.20. The van der Waals surface area contributed by atoms with Gasteiger partial charge in [0, 0.05) is 0 Å². The molecule has 0 fully saturated rings. The molecule has 6 heteroatoms. The molecule has 0 N–H and O–H groups in total. The fraction of sp³-hybridized carbons (Fsp3) is 0.100. The van der Waals surface area contributed by atoms with Crippen molar-refractivity contribution in [1.82, 2.24) is 0 Å². The van der Waals surface area contributed by atoms with Crippen LogP contribution in [0.25, 0.3) is 0 Å². The number of rotatable bonds is 2. The summed E-state index contributed by atoms with van der Waals surface area (Å²) >= 11 is 11.1. The van der Waals surface area contributed by atoms with Crippen LogP contribution in [0.2, 0.25) is 10.0 Å². The third-order valence-electron chi connectivity index (χ3n) is 1.80. The SMILES string of the molecule is C=CC(=O)c1c(Cl)cc(C(F)(F)F)cc1Cl. The van der Waals surface area contributed by atoms with Gasteiger partial charge >= 0.3 is 6.18 Å². The Morgan fingerprint density at radius 2 is 1.69 bits per heavy atom. The summed E-state index contributed by atoms with van der Waals surface area (Å²) in [7, 11) is 0. The van der Waals surface area contributed by atoms with Gasteiger partial charge in [0.15, 0.2) is 5.78 Å². The summed E-state index contributed by atoms with van der Waals surface area (Å²) < 4.78 is 37.0. The Bertz CT molecular complexity index is 429. The van der Waals surface area contributed by atoms with Crippen LogP contribution in [-0.4, -0.2) is 5.78 Å². The van der Waals surface area contributed by atoms with E-state index in [1.807, 2.05) is 0 Å². The standard InChI is InChI=1S/C10H5Cl2F3O/c1-2-8(16)9-6(11)3-5(4-7(9)12)10(13,14)15/h2-4H,1H2. The second-order valence-electron chi connectivity index (χ2n) is 2.88. The van der Waals surface area contributed by atoms with Gasteiger partial charge in [-0.2, -0.15) is 13.2 Å². The summed E-state index contributed by atoms with van der Waals surface area (Å²) in [5, 5.41) is -0.686. The maximum atomic E-state index is 12.3. The van der Waals surface area contributed by atoms with E-state index in [1.54, 1.807) is 0 Å². The van der Waals surface area contributed by atoms with Crippen molar-refractivity contribution in [2.75, 3.05) is 0 Å². The molecule has 0 saturated carbocycles. The molecule has 1 nitrogen and oxygen atoms in total. The van der Waals surface area contributed by atoms with E-state index in [1.165, 1.54) is 0 Å². The lowest BCUT2D eigenvalue weighted by atomic mass is 10.1. The Balaban J connectivity index is 3.39. The normalized spacial score (nSPS) is 11.3. The summed E-state index contributed by atoms with van der Waals surface area (Å²) in [6, 6.07) is 1.31. The van der Waals surface area contributed by atoms with Gasteiger partial charge in [-0.05, 0) is 18.2 Å². The second-order valence-corrected chi connectivity index (χ2v) is 3.70. The molecule has 0 radical (unpaired) electrons. The molecule has 0 unspecified atom stereocenters. The number of alkyl halides is 3. The number of carbonyl (C=O) groups excluding carboxylic acids is 1. The van der Waals surface area contributed by atoms with E-state index in [0.717, 1.165) is 6.08 Å². The molecule has 1 aromatic rings. The van der Waals surface area contributed by atoms with E-state index >= 15 is 0 Å². The average molecular weight is 269 g/mol. The first-order valence-corrected chi connectivity index (χ1v) is 4.76. The number of ketones is 1. The maximum absolute atomic E-state index is 12.3. The number of carbonyl (C=O) groups is 1. The smallest absolute Gasteiger partial charge is 0.289 e. The van der Waals surface area contributed by atoms with Crippen molar-refractivity contribution in [3.63, 3.8) is 0 Å². The first-order chi connectivity index (χ1) is 7.27. The third kappa shape index (κ3) is 2.57. The highest BCUT2D eigenvalue weighted by Gasteiger charge is 2.32. The van der Waals surface area contributed by atoms with Crippen LogP contribution < -0.4 is 0 Å². The lowest BCUT2D eigenvalue weighted by molar-refractivity contribution is -0.137. The second kappa shape index (κ2) is 4.47. The number of halogens is 5. The number of benzene rings is 1. The fourth-order valence-corrected chi connectivity index (χ4v) is 1.75. The lowest BCUT2D eigenvalue weighted by Gasteiger charge is -2.10. The van der Waals surface area contributed by atoms with Crippen molar-refractivity contribution in [3.05, 3.63) is 46.0 Å². The molecular weight excluding hydrogens is 264 g/mol. The molecular formula is C10H5Cl2F3O. The summed E-state index contributed by atoms with van der Waals surface area (Å²) in [4.78, 5) is 11.2.